The van der Waals surface area contributed by atoms with Gasteiger partial charge in [0.15, 0.2) is 5.58 Å². The fourth-order valence-corrected chi connectivity index (χ4v) is 2.35. The standard InChI is InChI=1S/C13H13NO4/c1-7-8(5-6-17-7)12-14-11-9(13(15)16)3-2-4-10(11)18-12/h2-4,7-8H,5-6H2,1H3,(H,15,16). The number of para-hydroxylation sites is 1. The Morgan fingerprint density at radius 2 is 2.33 bits per heavy atom. The lowest BCUT2D eigenvalue weighted by molar-refractivity contribution is 0.0699. The molecule has 1 saturated heterocycles. The van der Waals surface area contributed by atoms with Gasteiger partial charge in [-0.1, -0.05) is 6.07 Å². The van der Waals surface area contributed by atoms with Crippen molar-refractivity contribution in [1.82, 2.24) is 4.98 Å². The van der Waals surface area contributed by atoms with E-state index >= 15 is 0 Å². The molecule has 2 heterocycles. The van der Waals surface area contributed by atoms with E-state index in [2.05, 4.69) is 4.98 Å². The van der Waals surface area contributed by atoms with Crippen molar-refractivity contribution < 1.29 is 19.1 Å². The molecule has 3 rings (SSSR count). The summed E-state index contributed by atoms with van der Waals surface area (Å²) in [6.45, 7) is 2.67. The Balaban J connectivity index is 2.11. The van der Waals surface area contributed by atoms with E-state index in [4.69, 9.17) is 14.3 Å². The maximum atomic E-state index is 11.1. The molecule has 0 radical (unpaired) electrons. The maximum Gasteiger partial charge on any atom is 0.338 e. The molecule has 1 aliphatic heterocycles. The molecule has 1 aromatic heterocycles. The molecule has 0 aliphatic carbocycles. The summed E-state index contributed by atoms with van der Waals surface area (Å²) in [6.07, 6.45) is 0.919. The number of hydrogen-bond acceptors (Lipinski definition) is 4. The van der Waals surface area contributed by atoms with E-state index in [0.29, 0.717) is 23.6 Å². The van der Waals surface area contributed by atoms with E-state index in [9.17, 15) is 4.79 Å². The van der Waals surface area contributed by atoms with Gasteiger partial charge in [-0.15, -0.1) is 0 Å². The quantitative estimate of drug-likeness (QED) is 0.882. The van der Waals surface area contributed by atoms with Crippen LogP contribution in [0.1, 0.15) is 35.5 Å². The number of nitrogens with zero attached hydrogens (tertiary/aromatic N) is 1. The zero-order chi connectivity index (χ0) is 12.7. The molecule has 1 N–H and O–H groups in total. The first-order valence-electron chi connectivity index (χ1n) is 5.91. The molecule has 2 unspecified atom stereocenters. The number of hydrogen-bond donors (Lipinski definition) is 1. The van der Waals surface area contributed by atoms with E-state index in [1.807, 2.05) is 6.92 Å². The highest BCUT2D eigenvalue weighted by molar-refractivity contribution is 6.00. The van der Waals surface area contributed by atoms with Crippen LogP contribution in [0, 0.1) is 0 Å². The third-order valence-corrected chi connectivity index (χ3v) is 3.36. The second kappa shape index (κ2) is 4.10. The summed E-state index contributed by atoms with van der Waals surface area (Å²) in [5, 5.41) is 9.10. The molecule has 18 heavy (non-hydrogen) atoms. The monoisotopic (exact) mass is 247 g/mol. The van der Waals surface area contributed by atoms with Crippen LogP contribution in [0.25, 0.3) is 11.1 Å². The number of benzene rings is 1. The molecule has 1 fully saturated rings. The third kappa shape index (κ3) is 1.67. The summed E-state index contributed by atoms with van der Waals surface area (Å²) in [6, 6.07) is 4.93. The predicted octanol–water partition coefficient (Wildman–Crippen LogP) is 2.42. The molecule has 0 amide bonds. The summed E-state index contributed by atoms with van der Waals surface area (Å²) >= 11 is 0. The van der Waals surface area contributed by atoms with Crippen LogP contribution in [0.4, 0.5) is 0 Å². The first-order chi connectivity index (χ1) is 8.66. The Labute approximate surface area is 103 Å². The number of aromatic nitrogens is 1. The van der Waals surface area contributed by atoms with Crippen LogP contribution in [-0.2, 0) is 4.74 Å². The van der Waals surface area contributed by atoms with Crippen molar-refractivity contribution in [2.75, 3.05) is 6.61 Å². The van der Waals surface area contributed by atoms with Gasteiger partial charge in [0.1, 0.15) is 5.52 Å². The van der Waals surface area contributed by atoms with E-state index in [-0.39, 0.29) is 17.6 Å². The Morgan fingerprint density at radius 1 is 1.50 bits per heavy atom. The molecular weight excluding hydrogens is 234 g/mol. The van der Waals surface area contributed by atoms with Crippen LogP contribution in [0.3, 0.4) is 0 Å². The van der Waals surface area contributed by atoms with Gasteiger partial charge >= 0.3 is 5.97 Å². The second-order valence-electron chi connectivity index (χ2n) is 4.48. The molecule has 1 aromatic carbocycles. The Morgan fingerprint density at radius 3 is 3.00 bits per heavy atom. The van der Waals surface area contributed by atoms with Crippen molar-refractivity contribution in [3.05, 3.63) is 29.7 Å². The van der Waals surface area contributed by atoms with Gasteiger partial charge in [0.25, 0.3) is 0 Å². The van der Waals surface area contributed by atoms with Crippen LogP contribution in [-0.4, -0.2) is 28.8 Å². The van der Waals surface area contributed by atoms with Crippen LogP contribution in [0.15, 0.2) is 22.6 Å². The predicted molar refractivity (Wildman–Crippen MR) is 63.7 cm³/mol. The van der Waals surface area contributed by atoms with Crippen LogP contribution in [0.5, 0.6) is 0 Å². The number of rotatable bonds is 2. The number of carbonyl (C=O) groups is 1. The minimum absolute atomic E-state index is 0.0614. The average Bonchev–Trinajstić information content (AvgIpc) is 2.92. The van der Waals surface area contributed by atoms with E-state index in [1.54, 1.807) is 12.1 Å². The summed E-state index contributed by atoms with van der Waals surface area (Å²) in [4.78, 5) is 15.4. The van der Waals surface area contributed by atoms with Gasteiger partial charge in [0, 0.05) is 6.61 Å². The SMILES string of the molecule is CC1OCCC1c1nc2c(C(=O)O)cccc2o1. The van der Waals surface area contributed by atoms with Gasteiger partial charge in [-0.25, -0.2) is 9.78 Å². The normalized spacial score (nSPS) is 23.6. The van der Waals surface area contributed by atoms with Crippen LogP contribution in [0.2, 0.25) is 0 Å². The van der Waals surface area contributed by atoms with E-state index < -0.39 is 5.97 Å². The number of ether oxygens (including phenoxy) is 1. The summed E-state index contributed by atoms with van der Waals surface area (Å²) < 4.78 is 11.1. The van der Waals surface area contributed by atoms with Gasteiger partial charge in [-0.2, -0.15) is 0 Å². The zero-order valence-electron chi connectivity index (χ0n) is 9.92. The van der Waals surface area contributed by atoms with Gasteiger partial charge in [0.05, 0.1) is 17.6 Å². The van der Waals surface area contributed by atoms with E-state index in [1.165, 1.54) is 6.07 Å². The fourth-order valence-electron chi connectivity index (χ4n) is 2.35. The van der Waals surface area contributed by atoms with Crippen molar-refractivity contribution in [1.29, 1.82) is 0 Å². The smallest absolute Gasteiger partial charge is 0.338 e. The van der Waals surface area contributed by atoms with Gasteiger partial charge in [-0.3, -0.25) is 0 Å². The average molecular weight is 247 g/mol. The molecule has 94 valence electrons. The van der Waals surface area contributed by atoms with Gasteiger partial charge < -0.3 is 14.3 Å². The number of carboxylic acid groups (broad SMARTS) is 1. The topological polar surface area (TPSA) is 72.6 Å². The molecule has 2 aromatic rings. The highest BCUT2D eigenvalue weighted by Crippen LogP contribution is 2.33. The van der Waals surface area contributed by atoms with E-state index in [0.717, 1.165) is 6.42 Å². The van der Waals surface area contributed by atoms with Crippen molar-refractivity contribution in [3.63, 3.8) is 0 Å². The minimum atomic E-state index is -0.990. The number of carboxylic acids is 1. The Hall–Kier alpha value is -1.88. The van der Waals surface area contributed by atoms with Crippen molar-refractivity contribution in [2.45, 2.75) is 25.4 Å². The highest BCUT2D eigenvalue weighted by atomic mass is 16.5. The Bertz CT molecular complexity index is 604. The molecule has 5 heteroatoms. The van der Waals surface area contributed by atoms with Crippen LogP contribution >= 0.6 is 0 Å². The highest BCUT2D eigenvalue weighted by Gasteiger charge is 2.30. The molecule has 0 bridgehead atoms. The molecule has 0 saturated carbocycles. The van der Waals surface area contributed by atoms with Crippen molar-refractivity contribution in [2.24, 2.45) is 0 Å². The third-order valence-electron chi connectivity index (χ3n) is 3.36. The summed E-state index contributed by atoms with van der Waals surface area (Å²) in [5.41, 5.74) is 1.11. The second-order valence-corrected chi connectivity index (χ2v) is 4.48. The molecule has 5 nitrogen and oxygen atoms in total. The zero-order valence-corrected chi connectivity index (χ0v) is 9.92. The molecular formula is C13H13NO4. The fraction of sp³-hybridized carbons (Fsp3) is 0.385. The summed E-state index contributed by atoms with van der Waals surface area (Å²) in [7, 11) is 0. The number of fused-ring (bicyclic) bond motifs is 1. The van der Waals surface area contributed by atoms with Crippen molar-refractivity contribution in [3.8, 4) is 0 Å². The van der Waals surface area contributed by atoms with Crippen LogP contribution < -0.4 is 0 Å². The minimum Gasteiger partial charge on any atom is -0.478 e. The molecule has 2 atom stereocenters. The van der Waals surface area contributed by atoms with Gasteiger partial charge in [0.2, 0.25) is 5.89 Å². The van der Waals surface area contributed by atoms with Crippen molar-refractivity contribution >= 4 is 17.1 Å². The first kappa shape index (κ1) is 11.2. The number of aromatic carboxylic acids is 1. The maximum absolute atomic E-state index is 11.1. The number of oxazole rings is 1. The molecule has 1 aliphatic rings. The lowest BCUT2D eigenvalue weighted by Gasteiger charge is -2.08. The molecule has 0 spiro atoms. The summed E-state index contributed by atoms with van der Waals surface area (Å²) in [5.74, 6) is -0.307. The largest absolute Gasteiger partial charge is 0.478 e. The Kier molecular flexibility index (Phi) is 2.56. The lowest BCUT2D eigenvalue weighted by Crippen LogP contribution is -2.09. The van der Waals surface area contributed by atoms with Gasteiger partial charge in [-0.05, 0) is 25.5 Å². The first-order valence-corrected chi connectivity index (χ1v) is 5.91. The lowest BCUT2D eigenvalue weighted by atomic mass is 10.0.